The molecule has 0 bridgehead atoms. The van der Waals surface area contributed by atoms with Gasteiger partial charge in [0.05, 0.1) is 7.11 Å². The Bertz CT molecular complexity index is 631. The number of nitrogens with two attached hydrogens (primary N) is 1. The van der Waals surface area contributed by atoms with Crippen LogP contribution in [0.15, 0.2) is 48.5 Å². The quantitative estimate of drug-likeness (QED) is 0.891. The molecule has 116 valence electrons. The topological polar surface area (TPSA) is 64.3 Å². The van der Waals surface area contributed by atoms with Crippen LogP contribution < -0.4 is 15.8 Å². The zero-order valence-electron chi connectivity index (χ0n) is 13.2. The van der Waals surface area contributed by atoms with E-state index in [1.807, 2.05) is 48.5 Å². The van der Waals surface area contributed by atoms with Crippen LogP contribution in [0.4, 0.5) is 5.69 Å². The molecule has 4 heteroatoms. The third kappa shape index (κ3) is 3.65. The molecule has 1 amide bonds. The van der Waals surface area contributed by atoms with Crippen molar-refractivity contribution in [1.82, 2.24) is 0 Å². The third-order valence-corrected chi connectivity index (χ3v) is 3.79. The Hall–Kier alpha value is -2.33. The van der Waals surface area contributed by atoms with Crippen molar-refractivity contribution in [3.8, 4) is 5.75 Å². The van der Waals surface area contributed by atoms with Gasteiger partial charge in [-0.3, -0.25) is 4.79 Å². The highest BCUT2D eigenvalue weighted by atomic mass is 16.5. The zero-order chi connectivity index (χ0) is 16.2. The summed E-state index contributed by atoms with van der Waals surface area (Å²) in [5.41, 5.74) is 8.15. The number of carbonyl (C=O) groups excluding carboxylic acids is 1. The van der Waals surface area contributed by atoms with Crippen LogP contribution in [-0.2, 0) is 5.41 Å². The van der Waals surface area contributed by atoms with E-state index in [-0.39, 0.29) is 11.3 Å². The fourth-order valence-electron chi connectivity index (χ4n) is 2.07. The van der Waals surface area contributed by atoms with Gasteiger partial charge in [0, 0.05) is 23.2 Å². The van der Waals surface area contributed by atoms with Crippen molar-refractivity contribution >= 4 is 11.6 Å². The van der Waals surface area contributed by atoms with Gasteiger partial charge in [-0.2, -0.15) is 0 Å². The molecule has 0 fully saturated rings. The van der Waals surface area contributed by atoms with Crippen LogP contribution in [0.25, 0.3) is 0 Å². The van der Waals surface area contributed by atoms with E-state index in [1.54, 1.807) is 7.11 Å². The Morgan fingerprint density at radius 2 is 1.68 bits per heavy atom. The number of nitrogens with one attached hydrogen (secondary N) is 1. The second kappa shape index (κ2) is 6.62. The first kappa shape index (κ1) is 16.0. The molecule has 3 N–H and O–H groups in total. The average molecular weight is 298 g/mol. The Morgan fingerprint density at radius 3 is 2.18 bits per heavy atom. The standard InChI is InChI=1S/C18H22N2O2/c1-18(2,12-19)14-6-4-13(5-7-14)17(21)20-15-8-10-16(22-3)11-9-15/h4-11H,12,19H2,1-3H3,(H,20,21). The number of hydrogen-bond acceptors (Lipinski definition) is 3. The second-order valence-electron chi connectivity index (χ2n) is 5.85. The van der Waals surface area contributed by atoms with Gasteiger partial charge in [-0.05, 0) is 42.0 Å². The predicted octanol–water partition coefficient (Wildman–Crippen LogP) is 3.18. The first-order valence-corrected chi connectivity index (χ1v) is 7.22. The number of rotatable bonds is 5. The van der Waals surface area contributed by atoms with Crippen LogP contribution in [0.1, 0.15) is 29.8 Å². The molecule has 0 heterocycles. The number of anilines is 1. The molecule has 2 rings (SSSR count). The van der Waals surface area contributed by atoms with E-state index in [0.717, 1.165) is 17.0 Å². The number of ether oxygens (including phenoxy) is 1. The van der Waals surface area contributed by atoms with Crippen molar-refractivity contribution in [2.45, 2.75) is 19.3 Å². The highest BCUT2D eigenvalue weighted by Crippen LogP contribution is 2.22. The van der Waals surface area contributed by atoms with Gasteiger partial charge in [-0.1, -0.05) is 26.0 Å². The van der Waals surface area contributed by atoms with Crippen LogP contribution >= 0.6 is 0 Å². The monoisotopic (exact) mass is 298 g/mol. The largest absolute Gasteiger partial charge is 0.497 e. The van der Waals surface area contributed by atoms with E-state index < -0.39 is 0 Å². The fourth-order valence-corrected chi connectivity index (χ4v) is 2.07. The molecule has 0 saturated carbocycles. The lowest BCUT2D eigenvalue weighted by molar-refractivity contribution is 0.102. The van der Waals surface area contributed by atoms with Crippen LogP contribution in [0.2, 0.25) is 0 Å². The second-order valence-corrected chi connectivity index (χ2v) is 5.85. The molecule has 4 nitrogen and oxygen atoms in total. The van der Waals surface area contributed by atoms with E-state index in [1.165, 1.54) is 0 Å². The average Bonchev–Trinajstić information content (AvgIpc) is 2.55. The molecule has 2 aromatic rings. The Kier molecular flexibility index (Phi) is 4.83. The molecule has 22 heavy (non-hydrogen) atoms. The number of amides is 1. The van der Waals surface area contributed by atoms with Gasteiger partial charge < -0.3 is 15.8 Å². The molecule has 0 atom stereocenters. The van der Waals surface area contributed by atoms with Gasteiger partial charge in [0.1, 0.15) is 5.75 Å². The number of carbonyl (C=O) groups is 1. The lowest BCUT2D eigenvalue weighted by Gasteiger charge is -2.23. The first-order valence-electron chi connectivity index (χ1n) is 7.22. The summed E-state index contributed by atoms with van der Waals surface area (Å²) in [6.07, 6.45) is 0. The maximum absolute atomic E-state index is 12.2. The third-order valence-electron chi connectivity index (χ3n) is 3.79. The van der Waals surface area contributed by atoms with E-state index >= 15 is 0 Å². The highest BCUT2D eigenvalue weighted by Gasteiger charge is 2.18. The smallest absolute Gasteiger partial charge is 0.255 e. The van der Waals surface area contributed by atoms with E-state index in [4.69, 9.17) is 10.5 Å². The fraction of sp³-hybridized carbons (Fsp3) is 0.278. The van der Waals surface area contributed by atoms with Crippen LogP contribution in [0.3, 0.4) is 0 Å². The van der Waals surface area contributed by atoms with E-state index in [0.29, 0.717) is 12.1 Å². The van der Waals surface area contributed by atoms with Crippen molar-refractivity contribution in [2.24, 2.45) is 5.73 Å². The Balaban J connectivity index is 2.09. The van der Waals surface area contributed by atoms with Gasteiger partial charge >= 0.3 is 0 Å². The summed E-state index contributed by atoms with van der Waals surface area (Å²) in [6.45, 7) is 4.73. The zero-order valence-corrected chi connectivity index (χ0v) is 13.2. The van der Waals surface area contributed by atoms with Gasteiger partial charge in [0.15, 0.2) is 0 Å². The molecule has 2 aromatic carbocycles. The number of methoxy groups -OCH3 is 1. The van der Waals surface area contributed by atoms with E-state index in [9.17, 15) is 4.79 Å². The minimum atomic E-state index is -0.137. The number of hydrogen-bond donors (Lipinski definition) is 2. The summed E-state index contributed by atoms with van der Waals surface area (Å²) in [6, 6.07) is 14.8. The maximum atomic E-state index is 12.2. The van der Waals surface area contributed by atoms with Crippen molar-refractivity contribution in [1.29, 1.82) is 0 Å². The van der Waals surface area contributed by atoms with Crippen LogP contribution in [0, 0.1) is 0 Å². The summed E-state index contributed by atoms with van der Waals surface area (Å²) in [5, 5.41) is 2.86. The molecule has 0 saturated heterocycles. The summed E-state index contributed by atoms with van der Waals surface area (Å²) in [5.74, 6) is 0.619. The van der Waals surface area contributed by atoms with Crippen LogP contribution in [0.5, 0.6) is 5.75 Å². The summed E-state index contributed by atoms with van der Waals surface area (Å²) in [4.78, 5) is 12.2. The van der Waals surface area contributed by atoms with Gasteiger partial charge in [0.2, 0.25) is 0 Å². The molecule has 0 aromatic heterocycles. The first-order chi connectivity index (χ1) is 10.5. The van der Waals surface area contributed by atoms with Gasteiger partial charge in [-0.25, -0.2) is 0 Å². The SMILES string of the molecule is COc1ccc(NC(=O)c2ccc(C(C)(C)CN)cc2)cc1. The molecule has 0 aliphatic carbocycles. The molecular formula is C18H22N2O2. The molecule has 0 aliphatic heterocycles. The number of benzene rings is 2. The minimum Gasteiger partial charge on any atom is -0.497 e. The normalized spacial score (nSPS) is 11.1. The summed E-state index contributed by atoms with van der Waals surface area (Å²) >= 11 is 0. The van der Waals surface area contributed by atoms with Crippen molar-refractivity contribution in [2.75, 3.05) is 19.0 Å². The summed E-state index contributed by atoms with van der Waals surface area (Å²) < 4.78 is 5.09. The molecule has 0 unspecified atom stereocenters. The lowest BCUT2D eigenvalue weighted by Crippen LogP contribution is -2.28. The van der Waals surface area contributed by atoms with Crippen molar-refractivity contribution in [3.05, 3.63) is 59.7 Å². The summed E-state index contributed by atoms with van der Waals surface area (Å²) in [7, 11) is 1.61. The highest BCUT2D eigenvalue weighted by molar-refractivity contribution is 6.04. The molecular weight excluding hydrogens is 276 g/mol. The van der Waals surface area contributed by atoms with Gasteiger partial charge in [0.25, 0.3) is 5.91 Å². The molecule has 0 radical (unpaired) electrons. The predicted molar refractivity (Wildman–Crippen MR) is 89.5 cm³/mol. The lowest BCUT2D eigenvalue weighted by atomic mass is 9.84. The van der Waals surface area contributed by atoms with Crippen molar-refractivity contribution in [3.63, 3.8) is 0 Å². The van der Waals surface area contributed by atoms with Gasteiger partial charge in [-0.15, -0.1) is 0 Å². The Labute approximate surface area is 131 Å². The van der Waals surface area contributed by atoms with E-state index in [2.05, 4.69) is 19.2 Å². The minimum absolute atomic E-state index is 0.0923. The van der Waals surface area contributed by atoms with Crippen LogP contribution in [-0.4, -0.2) is 19.6 Å². The Morgan fingerprint density at radius 1 is 1.09 bits per heavy atom. The molecule has 0 spiro atoms. The van der Waals surface area contributed by atoms with Crippen molar-refractivity contribution < 1.29 is 9.53 Å². The maximum Gasteiger partial charge on any atom is 0.255 e. The molecule has 0 aliphatic rings.